The summed E-state index contributed by atoms with van der Waals surface area (Å²) in [6.07, 6.45) is 2.74. The van der Waals surface area contributed by atoms with Crippen LogP contribution in [0.3, 0.4) is 0 Å². The van der Waals surface area contributed by atoms with Gasteiger partial charge in [0.05, 0.1) is 0 Å². The summed E-state index contributed by atoms with van der Waals surface area (Å²) in [5.74, 6) is -0.503. The molecule has 1 saturated heterocycles. The fourth-order valence-corrected chi connectivity index (χ4v) is 2.95. The third-order valence-electron chi connectivity index (χ3n) is 3.89. The molecule has 2 aromatic rings. The topological polar surface area (TPSA) is 69.6 Å². The molecule has 23 heavy (non-hydrogen) atoms. The average Bonchev–Trinajstić information content (AvgIpc) is 2.55. The molecule has 1 fully saturated rings. The van der Waals surface area contributed by atoms with Crippen molar-refractivity contribution in [3.63, 3.8) is 0 Å². The van der Waals surface area contributed by atoms with Crippen molar-refractivity contribution in [3.05, 3.63) is 52.9 Å². The average molecular weight is 333 g/mol. The Morgan fingerprint density at radius 1 is 1.26 bits per heavy atom. The molecule has 120 valence electrons. The minimum Gasteiger partial charge on any atom is -0.477 e. The first-order valence-corrected chi connectivity index (χ1v) is 7.76. The van der Waals surface area contributed by atoms with E-state index >= 15 is 0 Å². The third-order valence-corrected chi connectivity index (χ3v) is 4.12. The molecule has 0 radical (unpaired) electrons. The standard InChI is InChI=1S/C16H17ClN4O2/c17-13-3-1-2-12(8-13)10-20-4-6-21(7-5-20)15-14(16(22)23)9-18-11-19-15/h1-3,8-9,11H,4-7,10H2,(H,22,23). The summed E-state index contributed by atoms with van der Waals surface area (Å²) in [6, 6.07) is 7.85. The van der Waals surface area contributed by atoms with Crippen molar-refractivity contribution in [1.82, 2.24) is 14.9 Å². The maximum absolute atomic E-state index is 11.3. The number of benzene rings is 1. The van der Waals surface area contributed by atoms with E-state index in [1.807, 2.05) is 23.1 Å². The molecule has 2 heterocycles. The van der Waals surface area contributed by atoms with E-state index in [0.29, 0.717) is 5.82 Å². The Balaban J connectivity index is 1.64. The van der Waals surface area contributed by atoms with Crippen molar-refractivity contribution in [3.8, 4) is 0 Å². The van der Waals surface area contributed by atoms with E-state index in [1.54, 1.807) is 0 Å². The van der Waals surface area contributed by atoms with Gasteiger partial charge in [0, 0.05) is 43.9 Å². The van der Waals surface area contributed by atoms with Crippen LogP contribution in [-0.2, 0) is 6.54 Å². The second-order valence-corrected chi connectivity index (χ2v) is 5.89. The van der Waals surface area contributed by atoms with Crippen molar-refractivity contribution < 1.29 is 9.90 Å². The van der Waals surface area contributed by atoms with E-state index in [-0.39, 0.29) is 5.56 Å². The summed E-state index contributed by atoms with van der Waals surface area (Å²) in [5.41, 5.74) is 1.33. The van der Waals surface area contributed by atoms with E-state index in [1.165, 1.54) is 18.1 Å². The monoisotopic (exact) mass is 332 g/mol. The molecule has 6 nitrogen and oxygen atoms in total. The van der Waals surface area contributed by atoms with Crippen LogP contribution in [0.5, 0.6) is 0 Å². The molecule has 0 saturated carbocycles. The zero-order valence-electron chi connectivity index (χ0n) is 12.5. The Kier molecular flexibility index (Phi) is 4.73. The summed E-state index contributed by atoms with van der Waals surface area (Å²) in [4.78, 5) is 23.5. The summed E-state index contributed by atoms with van der Waals surface area (Å²) in [7, 11) is 0. The first kappa shape index (κ1) is 15.7. The molecule has 0 aliphatic carbocycles. The molecule has 0 spiro atoms. The van der Waals surface area contributed by atoms with Crippen molar-refractivity contribution in [2.45, 2.75) is 6.54 Å². The molecule has 1 N–H and O–H groups in total. The van der Waals surface area contributed by atoms with Gasteiger partial charge in [-0.15, -0.1) is 0 Å². The lowest BCUT2D eigenvalue weighted by Crippen LogP contribution is -2.46. The minimum absolute atomic E-state index is 0.149. The van der Waals surface area contributed by atoms with Crippen molar-refractivity contribution >= 4 is 23.4 Å². The van der Waals surface area contributed by atoms with Gasteiger partial charge in [-0.2, -0.15) is 0 Å². The van der Waals surface area contributed by atoms with Crippen LogP contribution in [-0.4, -0.2) is 52.1 Å². The number of anilines is 1. The fraction of sp³-hybridized carbons (Fsp3) is 0.312. The van der Waals surface area contributed by atoms with Gasteiger partial charge in [-0.25, -0.2) is 14.8 Å². The third kappa shape index (κ3) is 3.78. The van der Waals surface area contributed by atoms with Crippen molar-refractivity contribution in [2.75, 3.05) is 31.1 Å². The van der Waals surface area contributed by atoms with Crippen LogP contribution < -0.4 is 4.90 Å². The lowest BCUT2D eigenvalue weighted by molar-refractivity contribution is 0.0696. The highest BCUT2D eigenvalue weighted by molar-refractivity contribution is 6.30. The molecule has 1 aromatic carbocycles. The van der Waals surface area contributed by atoms with E-state index in [2.05, 4.69) is 20.9 Å². The minimum atomic E-state index is -0.998. The maximum atomic E-state index is 11.3. The molecule has 1 aromatic heterocycles. The number of hydrogen-bond donors (Lipinski definition) is 1. The molecule has 0 amide bonds. The SMILES string of the molecule is O=C(O)c1cncnc1N1CCN(Cc2cccc(Cl)c2)CC1. The number of aromatic carboxylic acids is 1. The van der Waals surface area contributed by atoms with Gasteiger partial charge in [-0.3, -0.25) is 4.90 Å². The van der Waals surface area contributed by atoms with Gasteiger partial charge in [0.1, 0.15) is 17.7 Å². The molecule has 0 unspecified atom stereocenters. The van der Waals surface area contributed by atoms with Crippen LogP contribution in [0.1, 0.15) is 15.9 Å². The van der Waals surface area contributed by atoms with Crippen molar-refractivity contribution in [1.29, 1.82) is 0 Å². The molecule has 0 atom stereocenters. The van der Waals surface area contributed by atoms with Crippen LogP contribution in [0.4, 0.5) is 5.82 Å². The second-order valence-electron chi connectivity index (χ2n) is 5.46. The highest BCUT2D eigenvalue weighted by Gasteiger charge is 2.22. The molecule has 1 aliphatic heterocycles. The Labute approximate surface area is 139 Å². The lowest BCUT2D eigenvalue weighted by Gasteiger charge is -2.35. The van der Waals surface area contributed by atoms with Gasteiger partial charge >= 0.3 is 5.97 Å². The van der Waals surface area contributed by atoms with Gasteiger partial charge in [0.2, 0.25) is 0 Å². The van der Waals surface area contributed by atoms with Crippen LogP contribution >= 0.6 is 11.6 Å². The van der Waals surface area contributed by atoms with Crippen LogP contribution in [0, 0.1) is 0 Å². The number of rotatable bonds is 4. The van der Waals surface area contributed by atoms with Gasteiger partial charge < -0.3 is 10.0 Å². The predicted octanol–water partition coefficient (Wildman–Crippen LogP) is 2.15. The highest BCUT2D eigenvalue weighted by atomic mass is 35.5. The Morgan fingerprint density at radius 3 is 2.74 bits per heavy atom. The maximum Gasteiger partial charge on any atom is 0.341 e. The summed E-state index contributed by atoms with van der Waals surface area (Å²) < 4.78 is 0. The number of piperazine rings is 1. The summed E-state index contributed by atoms with van der Waals surface area (Å²) >= 11 is 6.02. The van der Waals surface area contributed by atoms with Crippen LogP contribution in [0.2, 0.25) is 5.02 Å². The van der Waals surface area contributed by atoms with Gasteiger partial charge in [0.15, 0.2) is 0 Å². The number of carboxylic acids is 1. The van der Waals surface area contributed by atoms with E-state index in [0.717, 1.165) is 37.7 Å². The molecular weight excluding hydrogens is 316 g/mol. The first-order chi connectivity index (χ1) is 11.1. The Morgan fingerprint density at radius 2 is 2.04 bits per heavy atom. The number of halogens is 1. The lowest BCUT2D eigenvalue weighted by atomic mass is 10.2. The first-order valence-electron chi connectivity index (χ1n) is 7.38. The van der Waals surface area contributed by atoms with Gasteiger partial charge in [-0.1, -0.05) is 23.7 Å². The van der Waals surface area contributed by atoms with E-state index in [4.69, 9.17) is 11.6 Å². The van der Waals surface area contributed by atoms with Crippen LogP contribution in [0.15, 0.2) is 36.8 Å². The summed E-state index contributed by atoms with van der Waals surface area (Å²) in [5, 5.41) is 9.98. The number of aromatic nitrogens is 2. The molecule has 7 heteroatoms. The number of carbonyl (C=O) groups is 1. The van der Waals surface area contributed by atoms with Crippen LogP contribution in [0.25, 0.3) is 0 Å². The van der Waals surface area contributed by atoms with Gasteiger partial charge in [0.25, 0.3) is 0 Å². The number of carboxylic acid groups (broad SMARTS) is 1. The molecule has 3 rings (SSSR count). The number of hydrogen-bond acceptors (Lipinski definition) is 5. The highest BCUT2D eigenvalue weighted by Crippen LogP contribution is 2.19. The largest absolute Gasteiger partial charge is 0.477 e. The normalized spacial score (nSPS) is 15.6. The summed E-state index contributed by atoms with van der Waals surface area (Å²) in [6.45, 7) is 3.99. The quantitative estimate of drug-likeness (QED) is 0.925. The number of nitrogens with zero attached hydrogens (tertiary/aromatic N) is 4. The Bertz CT molecular complexity index is 702. The molecule has 1 aliphatic rings. The van der Waals surface area contributed by atoms with Gasteiger partial charge in [-0.05, 0) is 17.7 Å². The van der Waals surface area contributed by atoms with E-state index in [9.17, 15) is 9.90 Å². The predicted molar refractivity (Wildman–Crippen MR) is 87.9 cm³/mol. The van der Waals surface area contributed by atoms with E-state index < -0.39 is 5.97 Å². The Hall–Kier alpha value is -2.18. The zero-order chi connectivity index (χ0) is 16.2. The fourth-order valence-electron chi connectivity index (χ4n) is 2.74. The van der Waals surface area contributed by atoms with Crippen molar-refractivity contribution in [2.24, 2.45) is 0 Å². The smallest absolute Gasteiger partial charge is 0.341 e. The molecular formula is C16H17ClN4O2. The second kappa shape index (κ2) is 6.93. The molecule has 0 bridgehead atoms. The zero-order valence-corrected chi connectivity index (χ0v) is 13.3.